The molecule has 3 aromatic rings. The Kier molecular flexibility index (Phi) is 8.36. The summed E-state index contributed by atoms with van der Waals surface area (Å²) < 4.78 is 24.5. The number of benzene rings is 2. The van der Waals surface area contributed by atoms with Gasteiger partial charge in [-0.25, -0.2) is 9.79 Å². The first-order valence-corrected chi connectivity index (χ1v) is 13.4. The van der Waals surface area contributed by atoms with Crippen LogP contribution in [0.3, 0.4) is 0 Å². The fourth-order valence-electron chi connectivity index (χ4n) is 4.32. The van der Waals surface area contributed by atoms with E-state index in [2.05, 4.69) is 4.99 Å². The number of nitrogens with zero attached hydrogens (tertiary/aromatic N) is 2. The predicted molar refractivity (Wildman–Crippen MR) is 147 cm³/mol. The van der Waals surface area contributed by atoms with E-state index in [0.29, 0.717) is 44.3 Å². The highest BCUT2D eigenvalue weighted by Crippen LogP contribution is 2.36. The normalized spacial score (nSPS) is 15.2. The summed E-state index contributed by atoms with van der Waals surface area (Å²) in [7, 11) is 1.56. The van der Waals surface area contributed by atoms with Gasteiger partial charge in [0.15, 0.2) is 16.3 Å². The molecule has 0 saturated carbocycles. The van der Waals surface area contributed by atoms with Crippen molar-refractivity contribution >= 4 is 23.4 Å². The molecular formula is C29H32N2O6S. The zero-order chi connectivity index (χ0) is 27.4. The molecule has 38 heavy (non-hydrogen) atoms. The summed E-state index contributed by atoms with van der Waals surface area (Å²) >= 11 is 1.27. The van der Waals surface area contributed by atoms with E-state index < -0.39 is 12.0 Å². The summed E-state index contributed by atoms with van der Waals surface area (Å²) in [6.45, 7) is 10.0. The third kappa shape index (κ3) is 5.52. The minimum absolute atomic E-state index is 0.0501. The summed E-state index contributed by atoms with van der Waals surface area (Å²) in [6, 6.07) is 12.2. The Labute approximate surface area is 225 Å². The van der Waals surface area contributed by atoms with Gasteiger partial charge in [0.1, 0.15) is 5.75 Å². The maximum atomic E-state index is 13.8. The van der Waals surface area contributed by atoms with E-state index in [-0.39, 0.29) is 18.3 Å². The van der Waals surface area contributed by atoms with Crippen molar-refractivity contribution in [3.05, 3.63) is 84.5 Å². The molecule has 0 bridgehead atoms. The summed E-state index contributed by atoms with van der Waals surface area (Å²) in [6.07, 6.45) is 1.76. The molecule has 1 aliphatic rings. The molecule has 1 aliphatic heterocycles. The second kappa shape index (κ2) is 11.7. The van der Waals surface area contributed by atoms with Crippen LogP contribution in [0.15, 0.2) is 63.5 Å². The van der Waals surface area contributed by atoms with Crippen molar-refractivity contribution < 1.29 is 23.7 Å². The van der Waals surface area contributed by atoms with Crippen LogP contribution in [0.2, 0.25) is 0 Å². The lowest BCUT2D eigenvalue weighted by Gasteiger charge is -2.25. The topological polar surface area (TPSA) is 88.4 Å². The Balaban J connectivity index is 1.92. The molecule has 1 aromatic heterocycles. The molecule has 0 spiro atoms. The Hall–Kier alpha value is -3.85. The van der Waals surface area contributed by atoms with Gasteiger partial charge in [-0.1, -0.05) is 29.5 Å². The largest absolute Gasteiger partial charge is 0.494 e. The Morgan fingerprint density at radius 3 is 2.61 bits per heavy atom. The predicted octanol–water partition coefficient (Wildman–Crippen LogP) is 3.99. The van der Waals surface area contributed by atoms with Crippen LogP contribution in [-0.2, 0) is 9.53 Å². The van der Waals surface area contributed by atoms with Crippen LogP contribution >= 0.6 is 11.3 Å². The van der Waals surface area contributed by atoms with Crippen molar-refractivity contribution in [2.45, 2.75) is 46.8 Å². The van der Waals surface area contributed by atoms with Gasteiger partial charge < -0.3 is 18.9 Å². The van der Waals surface area contributed by atoms with Crippen molar-refractivity contribution in [1.29, 1.82) is 0 Å². The Morgan fingerprint density at radius 2 is 1.92 bits per heavy atom. The molecule has 2 aromatic carbocycles. The third-order valence-corrected chi connectivity index (χ3v) is 6.83. The smallest absolute Gasteiger partial charge is 0.338 e. The molecule has 200 valence electrons. The third-order valence-electron chi connectivity index (χ3n) is 5.85. The SMILES string of the molecule is CCOC(=O)C1=C(C)N=c2s/c(=C/c3cccc(OCC)c3)c(=O)n2[C@@H]1c1ccc(OC(C)C)c(OC)c1. The fourth-order valence-corrected chi connectivity index (χ4v) is 5.37. The molecule has 0 saturated heterocycles. The highest BCUT2D eigenvalue weighted by Gasteiger charge is 2.34. The van der Waals surface area contributed by atoms with Gasteiger partial charge in [-0.15, -0.1) is 0 Å². The van der Waals surface area contributed by atoms with Gasteiger partial charge in [0.05, 0.1) is 48.3 Å². The van der Waals surface area contributed by atoms with E-state index in [1.54, 1.807) is 37.7 Å². The summed E-state index contributed by atoms with van der Waals surface area (Å²) in [5.74, 6) is 1.29. The monoisotopic (exact) mass is 536 g/mol. The number of rotatable bonds is 9. The second-order valence-electron chi connectivity index (χ2n) is 8.88. The van der Waals surface area contributed by atoms with E-state index in [4.69, 9.17) is 18.9 Å². The highest BCUT2D eigenvalue weighted by atomic mass is 32.1. The average Bonchev–Trinajstić information content (AvgIpc) is 3.17. The number of esters is 1. The van der Waals surface area contributed by atoms with Crippen LogP contribution in [0, 0.1) is 0 Å². The van der Waals surface area contributed by atoms with Crippen molar-refractivity contribution in [3.8, 4) is 17.2 Å². The van der Waals surface area contributed by atoms with Crippen molar-refractivity contribution in [1.82, 2.24) is 4.57 Å². The van der Waals surface area contributed by atoms with Crippen molar-refractivity contribution in [3.63, 3.8) is 0 Å². The van der Waals surface area contributed by atoms with Gasteiger partial charge in [0, 0.05) is 0 Å². The number of aromatic nitrogens is 1. The summed E-state index contributed by atoms with van der Waals surface area (Å²) in [5, 5.41) is 0. The maximum absolute atomic E-state index is 13.8. The lowest BCUT2D eigenvalue weighted by molar-refractivity contribution is -0.139. The zero-order valence-corrected chi connectivity index (χ0v) is 23.3. The molecule has 0 fully saturated rings. The molecule has 0 amide bonds. The lowest BCUT2D eigenvalue weighted by atomic mass is 9.95. The first-order chi connectivity index (χ1) is 18.3. The molecule has 9 heteroatoms. The summed E-state index contributed by atoms with van der Waals surface area (Å²) in [5.41, 5.74) is 2.07. The van der Waals surface area contributed by atoms with Crippen LogP contribution in [0.5, 0.6) is 17.2 Å². The van der Waals surface area contributed by atoms with Crippen LogP contribution in [0.4, 0.5) is 0 Å². The number of hydrogen-bond acceptors (Lipinski definition) is 8. The van der Waals surface area contributed by atoms with Crippen LogP contribution in [0.1, 0.15) is 51.8 Å². The van der Waals surface area contributed by atoms with Crippen LogP contribution < -0.4 is 29.1 Å². The van der Waals surface area contributed by atoms with E-state index in [1.807, 2.05) is 57.2 Å². The first-order valence-electron chi connectivity index (χ1n) is 12.5. The fraction of sp³-hybridized carbons (Fsp3) is 0.345. The van der Waals surface area contributed by atoms with Crippen LogP contribution in [-0.4, -0.2) is 37.0 Å². The molecular weight excluding hydrogens is 504 g/mol. The number of thiazole rings is 1. The molecule has 4 rings (SSSR count). The number of fused-ring (bicyclic) bond motifs is 1. The second-order valence-corrected chi connectivity index (χ2v) is 9.89. The molecule has 0 unspecified atom stereocenters. The van der Waals surface area contributed by atoms with Gasteiger partial charge in [0.2, 0.25) is 0 Å². The van der Waals surface area contributed by atoms with Gasteiger partial charge in [0.25, 0.3) is 5.56 Å². The minimum atomic E-state index is -0.746. The van der Waals surface area contributed by atoms with Gasteiger partial charge >= 0.3 is 5.97 Å². The number of ether oxygens (including phenoxy) is 4. The van der Waals surface area contributed by atoms with Crippen molar-refractivity contribution in [2.24, 2.45) is 4.99 Å². The molecule has 1 atom stereocenters. The molecule has 2 heterocycles. The first kappa shape index (κ1) is 27.2. The van der Waals surface area contributed by atoms with E-state index in [9.17, 15) is 9.59 Å². The minimum Gasteiger partial charge on any atom is -0.494 e. The highest BCUT2D eigenvalue weighted by molar-refractivity contribution is 7.07. The number of hydrogen-bond donors (Lipinski definition) is 0. The number of carbonyl (C=O) groups is 1. The maximum Gasteiger partial charge on any atom is 0.338 e. The van der Waals surface area contributed by atoms with E-state index >= 15 is 0 Å². The van der Waals surface area contributed by atoms with Crippen molar-refractivity contribution in [2.75, 3.05) is 20.3 Å². The number of allylic oxidation sites excluding steroid dienone is 1. The average molecular weight is 537 g/mol. The Bertz CT molecular complexity index is 1550. The number of methoxy groups -OCH3 is 1. The zero-order valence-electron chi connectivity index (χ0n) is 22.4. The summed E-state index contributed by atoms with van der Waals surface area (Å²) in [4.78, 5) is 32.1. The standard InChI is InChI=1S/C29H32N2O6S/c1-7-35-21-11-9-10-19(14-21)15-24-27(32)31-26(20-12-13-22(37-17(3)4)23(16-20)34-6)25(28(33)36-8-2)18(5)30-29(31)38-24/h9-17,26H,7-8H2,1-6H3/b24-15+/t26-/m1/s1. The van der Waals surface area contributed by atoms with E-state index in [0.717, 1.165) is 11.3 Å². The molecule has 8 nitrogen and oxygen atoms in total. The lowest BCUT2D eigenvalue weighted by Crippen LogP contribution is -2.40. The molecule has 0 radical (unpaired) electrons. The Morgan fingerprint density at radius 1 is 1.13 bits per heavy atom. The number of carbonyl (C=O) groups excluding carboxylic acids is 1. The van der Waals surface area contributed by atoms with Gasteiger partial charge in [-0.05, 0) is 76.1 Å². The van der Waals surface area contributed by atoms with Crippen LogP contribution in [0.25, 0.3) is 6.08 Å². The molecule has 0 aliphatic carbocycles. The van der Waals surface area contributed by atoms with E-state index in [1.165, 1.54) is 11.3 Å². The quantitative estimate of drug-likeness (QED) is 0.384. The van der Waals surface area contributed by atoms with Gasteiger partial charge in [-0.3, -0.25) is 9.36 Å². The van der Waals surface area contributed by atoms with Gasteiger partial charge in [-0.2, -0.15) is 0 Å². The molecule has 0 N–H and O–H groups in total.